The van der Waals surface area contributed by atoms with Gasteiger partial charge in [-0.1, -0.05) is 72.8 Å². The molecule has 0 bridgehead atoms. The number of anilines is 2. The third-order valence-corrected chi connectivity index (χ3v) is 7.45. The first kappa shape index (κ1) is 26.6. The second kappa shape index (κ2) is 11.8. The van der Waals surface area contributed by atoms with E-state index in [1.807, 2.05) is 36.4 Å². The number of benzene rings is 5. The van der Waals surface area contributed by atoms with Gasteiger partial charge in [0.2, 0.25) is 5.91 Å². The molecular formula is C32H23FN2O4S. The first-order valence-electron chi connectivity index (χ1n) is 12.3. The van der Waals surface area contributed by atoms with E-state index < -0.39 is 28.9 Å². The van der Waals surface area contributed by atoms with Crippen molar-refractivity contribution in [1.29, 1.82) is 0 Å². The lowest BCUT2D eigenvalue weighted by atomic mass is 9.98. The minimum absolute atomic E-state index is 0.0409. The van der Waals surface area contributed by atoms with Crippen molar-refractivity contribution in [2.75, 3.05) is 10.6 Å². The van der Waals surface area contributed by atoms with Gasteiger partial charge in [0.05, 0.1) is 11.3 Å². The van der Waals surface area contributed by atoms with Crippen LogP contribution in [0.3, 0.4) is 0 Å². The molecule has 8 heteroatoms. The highest BCUT2D eigenvalue weighted by Crippen LogP contribution is 2.37. The number of hydrogen-bond acceptors (Lipinski definition) is 4. The number of thioether (sulfide) groups is 1. The Labute approximate surface area is 233 Å². The predicted molar refractivity (Wildman–Crippen MR) is 155 cm³/mol. The fourth-order valence-electron chi connectivity index (χ4n) is 4.35. The van der Waals surface area contributed by atoms with Crippen LogP contribution in [0.5, 0.6) is 0 Å². The maximum atomic E-state index is 14.2. The molecule has 40 heavy (non-hydrogen) atoms. The number of hydrogen-bond donors (Lipinski definition) is 3. The maximum Gasteiger partial charge on any atom is 0.336 e. The molecule has 0 aliphatic rings. The van der Waals surface area contributed by atoms with E-state index in [9.17, 15) is 23.9 Å². The molecule has 3 N–H and O–H groups in total. The molecule has 0 spiro atoms. The zero-order chi connectivity index (χ0) is 28.1. The van der Waals surface area contributed by atoms with Gasteiger partial charge < -0.3 is 15.7 Å². The van der Waals surface area contributed by atoms with Crippen LogP contribution in [-0.4, -0.2) is 22.9 Å². The first-order valence-corrected chi connectivity index (χ1v) is 13.2. The number of fused-ring (bicyclic) bond motifs is 1. The number of aromatic carboxylic acids is 1. The minimum Gasteiger partial charge on any atom is -0.478 e. The molecule has 5 aromatic carbocycles. The van der Waals surface area contributed by atoms with Crippen molar-refractivity contribution in [1.82, 2.24) is 0 Å². The molecule has 1 atom stereocenters. The van der Waals surface area contributed by atoms with Crippen molar-refractivity contribution in [3.05, 3.63) is 138 Å². The van der Waals surface area contributed by atoms with E-state index >= 15 is 0 Å². The lowest BCUT2D eigenvalue weighted by Crippen LogP contribution is -2.19. The molecule has 6 nitrogen and oxygen atoms in total. The van der Waals surface area contributed by atoms with Crippen molar-refractivity contribution in [3.8, 4) is 0 Å². The Morgan fingerprint density at radius 3 is 2.12 bits per heavy atom. The molecule has 5 aromatic rings. The monoisotopic (exact) mass is 550 g/mol. The molecule has 0 saturated carbocycles. The van der Waals surface area contributed by atoms with E-state index in [0.717, 1.165) is 5.56 Å². The second-order valence-electron chi connectivity index (χ2n) is 8.87. The van der Waals surface area contributed by atoms with Crippen LogP contribution in [0.4, 0.5) is 15.8 Å². The summed E-state index contributed by atoms with van der Waals surface area (Å²) < 4.78 is 14.2. The number of nitrogens with one attached hydrogen (secondary N) is 2. The fraction of sp³-hybridized carbons (Fsp3) is 0.0312. The minimum atomic E-state index is -1.12. The number of para-hydroxylation sites is 1. The summed E-state index contributed by atoms with van der Waals surface area (Å²) in [5.41, 5.74) is 1.57. The molecule has 5 rings (SSSR count). The van der Waals surface area contributed by atoms with Gasteiger partial charge in [-0.3, -0.25) is 9.59 Å². The van der Waals surface area contributed by atoms with Gasteiger partial charge in [-0.15, -0.1) is 11.8 Å². The predicted octanol–water partition coefficient (Wildman–Crippen LogP) is 7.40. The van der Waals surface area contributed by atoms with Gasteiger partial charge in [0.1, 0.15) is 11.1 Å². The molecule has 1 unspecified atom stereocenters. The lowest BCUT2D eigenvalue weighted by Gasteiger charge is -2.18. The molecule has 0 saturated heterocycles. The third-order valence-electron chi connectivity index (χ3n) is 6.20. The van der Waals surface area contributed by atoms with Crippen LogP contribution in [0.15, 0.2) is 120 Å². The van der Waals surface area contributed by atoms with Crippen LogP contribution >= 0.6 is 11.8 Å². The van der Waals surface area contributed by atoms with Gasteiger partial charge in [0, 0.05) is 21.5 Å². The molecule has 0 radical (unpaired) electrons. The summed E-state index contributed by atoms with van der Waals surface area (Å²) in [5.74, 6) is -2.51. The van der Waals surface area contributed by atoms with Crippen molar-refractivity contribution < 1.29 is 23.9 Å². The molecular weight excluding hydrogens is 527 g/mol. The molecule has 0 fully saturated rings. The smallest absolute Gasteiger partial charge is 0.336 e. The largest absolute Gasteiger partial charge is 0.478 e. The number of rotatable bonds is 8. The molecule has 0 aromatic heterocycles. The zero-order valence-electron chi connectivity index (χ0n) is 21.0. The van der Waals surface area contributed by atoms with Crippen LogP contribution in [0.2, 0.25) is 0 Å². The third kappa shape index (κ3) is 5.87. The van der Waals surface area contributed by atoms with E-state index in [-0.39, 0.29) is 16.8 Å². The standard InChI is InChI=1S/C32H23FN2O4S/c33-26-17-4-5-18-27(26)35-31(37)29(21-9-2-1-3-10-21)40-23-14-8-13-22(19-23)34-30(36)24-15-6-11-20-12-7-16-25(28(20)24)32(38)39/h1-19,29H,(H,34,36)(H,35,37)(H,38,39). The Bertz CT molecular complexity index is 1720. The van der Waals surface area contributed by atoms with Crippen molar-refractivity contribution in [2.45, 2.75) is 10.1 Å². The van der Waals surface area contributed by atoms with Crippen molar-refractivity contribution in [3.63, 3.8) is 0 Å². The van der Waals surface area contributed by atoms with Gasteiger partial charge in [0.15, 0.2) is 0 Å². The number of carboxylic acid groups (broad SMARTS) is 1. The highest BCUT2D eigenvalue weighted by Gasteiger charge is 2.23. The summed E-state index contributed by atoms with van der Waals surface area (Å²) in [6, 6.07) is 32.0. The molecule has 0 aliphatic carbocycles. The highest BCUT2D eigenvalue weighted by molar-refractivity contribution is 8.00. The summed E-state index contributed by atoms with van der Waals surface area (Å²) in [6.07, 6.45) is 0. The summed E-state index contributed by atoms with van der Waals surface area (Å²) >= 11 is 1.26. The maximum absolute atomic E-state index is 14.2. The quantitative estimate of drug-likeness (QED) is 0.175. The van der Waals surface area contributed by atoms with Gasteiger partial charge in [-0.05, 0) is 53.4 Å². The Hall–Kier alpha value is -4.95. The topological polar surface area (TPSA) is 95.5 Å². The van der Waals surface area contributed by atoms with Crippen LogP contribution in [-0.2, 0) is 4.79 Å². The molecule has 0 aliphatic heterocycles. The average Bonchev–Trinajstić information content (AvgIpc) is 2.97. The van der Waals surface area contributed by atoms with Crippen molar-refractivity contribution in [2.24, 2.45) is 0 Å². The van der Waals surface area contributed by atoms with Crippen LogP contribution in [0.25, 0.3) is 10.8 Å². The number of carbonyl (C=O) groups excluding carboxylic acids is 2. The summed E-state index contributed by atoms with van der Waals surface area (Å²) in [5, 5.41) is 15.5. The Morgan fingerprint density at radius 2 is 1.40 bits per heavy atom. The van der Waals surface area contributed by atoms with E-state index in [1.165, 1.54) is 30.0 Å². The Balaban J connectivity index is 1.41. The summed E-state index contributed by atoms with van der Waals surface area (Å²) in [6.45, 7) is 0. The van der Waals surface area contributed by atoms with Crippen LogP contribution in [0.1, 0.15) is 31.5 Å². The molecule has 0 heterocycles. The SMILES string of the molecule is O=C(O)c1cccc2cccc(C(=O)Nc3cccc(SC(C(=O)Nc4ccccc4F)c4ccccc4)c3)c12. The second-order valence-corrected chi connectivity index (χ2v) is 10.1. The lowest BCUT2D eigenvalue weighted by molar-refractivity contribution is -0.115. The van der Waals surface area contributed by atoms with E-state index in [2.05, 4.69) is 10.6 Å². The zero-order valence-corrected chi connectivity index (χ0v) is 21.8. The summed E-state index contributed by atoms with van der Waals surface area (Å²) in [7, 11) is 0. The first-order chi connectivity index (χ1) is 19.4. The van der Waals surface area contributed by atoms with E-state index in [4.69, 9.17) is 0 Å². The summed E-state index contributed by atoms with van der Waals surface area (Å²) in [4.78, 5) is 39.1. The van der Waals surface area contributed by atoms with E-state index in [0.29, 0.717) is 21.4 Å². The number of amides is 2. The van der Waals surface area contributed by atoms with Gasteiger partial charge >= 0.3 is 5.97 Å². The van der Waals surface area contributed by atoms with Crippen LogP contribution < -0.4 is 10.6 Å². The van der Waals surface area contributed by atoms with E-state index in [1.54, 1.807) is 60.7 Å². The molecule has 2 amide bonds. The number of carboxylic acids is 1. The number of halogens is 1. The van der Waals surface area contributed by atoms with Gasteiger partial charge in [-0.2, -0.15) is 0 Å². The Morgan fingerprint density at radius 1 is 0.725 bits per heavy atom. The fourth-order valence-corrected chi connectivity index (χ4v) is 5.44. The molecule has 198 valence electrons. The van der Waals surface area contributed by atoms with Gasteiger partial charge in [0.25, 0.3) is 5.91 Å². The normalized spacial score (nSPS) is 11.5. The average molecular weight is 551 g/mol. The van der Waals surface area contributed by atoms with Gasteiger partial charge in [-0.25, -0.2) is 9.18 Å². The van der Waals surface area contributed by atoms with Crippen molar-refractivity contribution >= 4 is 51.7 Å². The van der Waals surface area contributed by atoms with Crippen LogP contribution in [0, 0.1) is 5.82 Å². The highest BCUT2D eigenvalue weighted by atomic mass is 32.2. The Kier molecular flexibility index (Phi) is 7.89. The number of carbonyl (C=O) groups is 3.